The Kier molecular flexibility index (Phi) is 6.93. The van der Waals surface area contributed by atoms with Gasteiger partial charge in [-0.05, 0) is 61.6 Å². The average molecular weight is 536 g/mol. The molecule has 3 unspecified atom stereocenters. The zero-order valence-electron chi connectivity index (χ0n) is 23.0. The van der Waals surface area contributed by atoms with Crippen LogP contribution in [0.5, 0.6) is 5.75 Å². The smallest absolute Gasteiger partial charge is 0.250 e. The van der Waals surface area contributed by atoms with E-state index in [1.165, 1.54) is 4.90 Å². The van der Waals surface area contributed by atoms with E-state index in [0.29, 0.717) is 23.5 Å². The number of amides is 3. The highest BCUT2D eigenvalue weighted by molar-refractivity contribution is 6.05. The summed E-state index contributed by atoms with van der Waals surface area (Å²) in [7, 11) is 1.57. The summed E-state index contributed by atoms with van der Waals surface area (Å²) in [6.07, 6.45) is 0.447. The van der Waals surface area contributed by atoms with Gasteiger partial charge in [-0.25, -0.2) is 0 Å². The Hall–Kier alpha value is -3.43. The number of anilines is 2. The lowest BCUT2D eigenvalue weighted by Gasteiger charge is -2.38. The van der Waals surface area contributed by atoms with Gasteiger partial charge in [-0.3, -0.25) is 14.4 Å². The predicted molar refractivity (Wildman–Crippen MR) is 146 cm³/mol. The second-order valence-electron chi connectivity index (χ2n) is 11.5. The quantitative estimate of drug-likeness (QED) is 0.478. The summed E-state index contributed by atoms with van der Waals surface area (Å²) in [4.78, 5) is 43.7. The molecule has 7 atom stereocenters. The van der Waals surface area contributed by atoms with E-state index in [1.54, 1.807) is 43.5 Å². The van der Waals surface area contributed by atoms with Gasteiger partial charge in [0.1, 0.15) is 17.4 Å². The van der Waals surface area contributed by atoms with Crippen molar-refractivity contribution in [3.8, 4) is 5.75 Å². The number of nitrogens with zero attached hydrogens (tertiary/aromatic N) is 1. The van der Waals surface area contributed by atoms with Gasteiger partial charge in [0.25, 0.3) is 0 Å². The van der Waals surface area contributed by atoms with E-state index in [2.05, 4.69) is 10.6 Å². The summed E-state index contributed by atoms with van der Waals surface area (Å²) in [5.41, 5.74) is -0.968. The van der Waals surface area contributed by atoms with Crippen molar-refractivity contribution in [1.29, 1.82) is 0 Å². The largest absolute Gasteiger partial charge is 0.497 e. The highest BCUT2D eigenvalue weighted by Gasteiger charge is 2.80. The normalized spacial score (nSPS) is 31.8. The number of para-hydroxylation sites is 1. The monoisotopic (exact) mass is 535 g/mol. The van der Waals surface area contributed by atoms with Gasteiger partial charge in [-0.1, -0.05) is 39.0 Å². The molecule has 0 aliphatic carbocycles. The summed E-state index contributed by atoms with van der Waals surface area (Å²) < 4.78 is 12.0. The van der Waals surface area contributed by atoms with Crippen molar-refractivity contribution in [2.75, 3.05) is 24.4 Å². The molecular weight excluding hydrogens is 498 g/mol. The third-order valence-corrected chi connectivity index (χ3v) is 9.00. The number of hydrogen-bond donors (Lipinski definition) is 3. The zero-order chi connectivity index (χ0) is 28.1. The molecule has 9 nitrogen and oxygen atoms in total. The third-order valence-electron chi connectivity index (χ3n) is 9.00. The number of likely N-dealkylation sites (tertiary alicyclic amines) is 1. The zero-order valence-corrected chi connectivity index (χ0v) is 23.0. The van der Waals surface area contributed by atoms with Crippen molar-refractivity contribution in [2.45, 2.75) is 57.4 Å². The number of ether oxygens (including phenoxy) is 2. The number of aliphatic hydroxyl groups excluding tert-OH is 1. The lowest BCUT2D eigenvalue weighted by atomic mass is 9.62. The molecule has 2 aromatic carbocycles. The lowest BCUT2D eigenvalue weighted by molar-refractivity contribution is -0.149. The molecule has 2 bridgehead atoms. The molecule has 9 heteroatoms. The third kappa shape index (κ3) is 4.19. The molecule has 3 aliphatic rings. The number of carbonyl (C=O) groups excluding carboxylic acids is 3. The topological polar surface area (TPSA) is 117 Å². The highest BCUT2D eigenvalue weighted by atomic mass is 16.5. The van der Waals surface area contributed by atoms with E-state index in [-0.39, 0.29) is 30.3 Å². The van der Waals surface area contributed by atoms with E-state index in [9.17, 15) is 19.5 Å². The van der Waals surface area contributed by atoms with Crippen LogP contribution in [0, 0.1) is 23.7 Å². The van der Waals surface area contributed by atoms with E-state index in [4.69, 9.17) is 9.47 Å². The van der Waals surface area contributed by atoms with Crippen LogP contribution in [0.25, 0.3) is 0 Å². The van der Waals surface area contributed by atoms with Gasteiger partial charge in [-0.15, -0.1) is 0 Å². The molecule has 0 aromatic heterocycles. The van der Waals surface area contributed by atoms with Crippen LogP contribution in [0.4, 0.5) is 11.4 Å². The summed E-state index contributed by atoms with van der Waals surface area (Å²) in [5, 5.41) is 16.3. The molecule has 2 aromatic rings. The van der Waals surface area contributed by atoms with Crippen LogP contribution in [0.3, 0.4) is 0 Å². The first-order chi connectivity index (χ1) is 18.6. The first kappa shape index (κ1) is 27.1. The Morgan fingerprint density at radius 1 is 1.08 bits per heavy atom. The summed E-state index contributed by atoms with van der Waals surface area (Å²) in [6, 6.07) is 14.4. The molecule has 0 radical (unpaired) electrons. The molecule has 3 fully saturated rings. The maximum Gasteiger partial charge on any atom is 0.250 e. The van der Waals surface area contributed by atoms with Crippen LogP contribution >= 0.6 is 0 Å². The summed E-state index contributed by atoms with van der Waals surface area (Å²) >= 11 is 0. The average Bonchev–Trinajstić information content (AvgIpc) is 3.42. The molecular formula is C30H37N3O6. The van der Waals surface area contributed by atoms with E-state index in [0.717, 1.165) is 0 Å². The minimum atomic E-state index is -1.21. The Balaban J connectivity index is 1.56. The van der Waals surface area contributed by atoms with Gasteiger partial charge in [0.05, 0.1) is 37.2 Å². The number of fused-ring (bicyclic) bond motifs is 1. The van der Waals surface area contributed by atoms with Crippen molar-refractivity contribution in [2.24, 2.45) is 23.7 Å². The number of carbonyl (C=O) groups is 3. The number of aliphatic hydroxyl groups is 1. The Labute approximate surface area is 228 Å². The van der Waals surface area contributed by atoms with Crippen molar-refractivity contribution >= 4 is 29.1 Å². The van der Waals surface area contributed by atoms with Crippen molar-refractivity contribution < 1.29 is 29.0 Å². The highest BCUT2D eigenvalue weighted by Crippen LogP contribution is 2.65. The van der Waals surface area contributed by atoms with Crippen LogP contribution < -0.4 is 15.4 Å². The fourth-order valence-electron chi connectivity index (χ4n) is 6.98. The minimum Gasteiger partial charge on any atom is -0.497 e. The van der Waals surface area contributed by atoms with Gasteiger partial charge in [-0.2, -0.15) is 0 Å². The SMILES string of the molecule is COc1ccc(NC(=O)C2N([C@@H](CO)C(C)C)C(=O)[C@@H]3[C@H](C(=O)Nc4ccccc4)[C@@]4(C)OC23CC4C)cc1. The number of hydrogen-bond acceptors (Lipinski definition) is 6. The van der Waals surface area contributed by atoms with E-state index < -0.39 is 41.0 Å². The molecule has 1 spiro atoms. The van der Waals surface area contributed by atoms with Crippen LogP contribution in [0.15, 0.2) is 54.6 Å². The van der Waals surface area contributed by atoms with Crippen LogP contribution in [0.1, 0.15) is 34.1 Å². The molecule has 39 heavy (non-hydrogen) atoms. The van der Waals surface area contributed by atoms with Gasteiger partial charge in [0.2, 0.25) is 17.7 Å². The van der Waals surface area contributed by atoms with Gasteiger partial charge in [0, 0.05) is 11.4 Å². The van der Waals surface area contributed by atoms with Crippen LogP contribution in [-0.4, -0.2) is 64.7 Å². The van der Waals surface area contributed by atoms with Crippen LogP contribution in [0.2, 0.25) is 0 Å². The van der Waals surface area contributed by atoms with Crippen molar-refractivity contribution in [3.05, 3.63) is 54.6 Å². The molecule has 3 aliphatic heterocycles. The molecule has 208 valence electrons. The maximum atomic E-state index is 14.3. The Morgan fingerprint density at radius 2 is 1.69 bits per heavy atom. The standard InChI is InChI=1S/C30H37N3O6/c1-17(2)22(16-34)33-25(27(36)32-20-11-13-21(38-5)14-12-20)30-15-18(3)29(4,39-30)23(24(30)28(33)37)26(35)31-19-9-7-6-8-10-19/h6-14,17-18,22-25,34H,15-16H2,1-5H3,(H,31,35)(H,32,36)/t18?,22-,23+,24-,25?,29-,30?/m0/s1. The second kappa shape index (κ2) is 9.95. The first-order valence-corrected chi connectivity index (χ1v) is 13.5. The molecule has 0 saturated carbocycles. The van der Waals surface area contributed by atoms with Gasteiger partial charge >= 0.3 is 0 Å². The fourth-order valence-corrected chi connectivity index (χ4v) is 6.98. The molecule has 3 heterocycles. The van der Waals surface area contributed by atoms with E-state index in [1.807, 2.05) is 45.9 Å². The van der Waals surface area contributed by atoms with Crippen molar-refractivity contribution in [3.63, 3.8) is 0 Å². The van der Waals surface area contributed by atoms with Crippen LogP contribution in [-0.2, 0) is 19.1 Å². The van der Waals surface area contributed by atoms with Gasteiger partial charge < -0.3 is 30.1 Å². The number of benzene rings is 2. The fraction of sp³-hybridized carbons (Fsp3) is 0.500. The molecule has 5 rings (SSSR count). The molecule has 3 amide bonds. The lowest BCUT2D eigenvalue weighted by Crippen LogP contribution is -2.57. The number of nitrogens with one attached hydrogen (secondary N) is 2. The van der Waals surface area contributed by atoms with Gasteiger partial charge in [0.15, 0.2) is 0 Å². The summed E-state index contributed by atoms with van der Waals surface area (Å²) in [6.45, 7) is 7.37. The minimum absolute atomic E-state index is 0.0871. The first-order valence-electron chi connectivity index (χ1n) is 13.5. The summed E-state index contributed by atoms with van der Waals surface area (Å²) in [5.74, 6) is -2.28. The van der Waals surface area contributed by atoms with Crippen molar-refractivity contribution in [1.82, 2.24) is 4.90 Å². The molecule has 3 saturated heterocycles. The maximum absolute atomic E-state index is 14.3. The van der Waals surface area contributed by atoms with E-state index >= 15 is 0 Å². The Bertz CT molecular complexity index is 1250. The second-order valence-corrected chi connectivity index (χ2v) is 11.5. The number of methoxy groups -OCH3 is 1. The molecule has 3 N–H and O–H groups in total. The predicted octanol–water partition coefficient (Wildman–Crippen LogP) is 3.30. The number of rotatable bonds is 8. The Morgan fingerprint density at radius 3 is 2.28 bits per heavy atom.